The maximum atomic E-state index is 12.1. The van der Waals surface area contributed by atoms with Crippen LogP contribution in [0.15, 0.2) is 77.0 Å². The Kier molecular flexibility index (Phi) is 7.00. The molecule has 0 saturated carbocycles. The lowest BCUT2D eigenvalue weighted by Crippen LogP contribution is -2.05. The summed E-state index contributed by atoms with van der Waals surface area (Å²) in [4.78, 5) is 28.6. The molecule has 0 bridgehead atoms. The molecule has 0 amide bonds. The van der Waals surface area contributed by atoms with Gasteiger partial charge in [0.25, 0.3) is 5.56 Å². The van der Waals surface area contributed by atoms with Crippen molar-refractivity contribution in [2.24, 2.45) is 0 Å². The van der Waals surface area contributed by atoms with Gasteiger partial charge in [0.05, 0.1) is 22.5 Å². The summed E-state index contributed by atoms with van der Waals surface area (Å²) >= 11 is 1.40. The van der Waals surface area contributed by atoms with E-state index in [1.54, 1.807) is 47.3 Å². The molecule has 8 heteroatoms. The van der Waals surface area contributed by atoms with Crippen molar-refractivity contribution in [3.8, 4) is 5.69 Å². The molecule has 0 aliphatic carbocycles. The number of ether oxygens (including phenoxy) is 1. The van der Waals surface area contributed by atoms with Gasteiger partial charge in [-0.2, -0.15) is 0 Å². The fourth-order valence-corrected chi connectivity index (χ4v) is 3.35. The quantitative estimate of drug-likeness (QED) is 0.446. The van der Waals surface area contributed by atoms with Gasteiger partial charge in [0.2, 0.25) is 0 Å². The number of rotatable bonds is 6. The summed E-state index contributed by atoms with van der Waals surface area (Å²) in [5, 5.41) is 5.32. The summed E-state index contributed by atoms with van der Waals surface area (Å²) in [5.74, 6) is -0.383. The SMILES string of the molecule is Cl.O=C(OCc1nc(/C=C/c2cn(-c3ccccc3)[nH]c2=O)cs1)c1ccccc1. The number of nitrogens with one attached hydrogen (secondary N) is 1. The number of H-pyrrole nitrogens is 1. The summed E-state index contributed by atoms with van der Waals surface area (Å²) in [7, 11) is 0. The second kappa shape index (κ2) is 9.87. The Morgan fingerprint density at radius 3 is 2.50 bits per heavy atom. The summed E-state index contributed by atoms with van der Waals surface area (Å²) in [6.07, 6.45) is 5.22. The van der Waals surface area contributed by atoms with Gasteiger partial charge in [-0.3, -0.25) is 14.6 Å². The van der Waals surface area contributed by atoms with Gasteiger partial charge in [0.1, 0.15) is 11.6 Å². The van der Waals surface area contributed by atoms with Gasteiger partial charge in [-0.1, -0.05) is 36.4 Å². The zero-order valence-electron chi connectivity index (χ0n) is 15.7. The van der Waals surface area contributed by atoms with Crippen LogP contribution in [0.1, 0.15) is 26.6 Å². The number of benzene rings is 2. The number of thiazole rings is 1. The van der Waals surface area contributed by atoms with E-state index in [2.05, 4.69) is 10.1 Å². The molecule has 152 valence electrons. The third-order valence-corrected chi connectivity index (χ3v) is 4.97. The third kappa shape index (κ3) is 5.14. The van der Waals surface area contributed by atoms with Crippen molar-refractivity contribution >= 4 is 41.9 Å². The Hall–Kier alpha value is -3.42. The van der Waals surface area contributed by atoms with Crippen molar-refractivity contribution in [1.82, 2.24) is 14.8 Å². The lowest BCUT2D eigenvalue weighted by Gasteiger charge is -2.01. The minimum absolute atomic E-state index is 0. The van der Waals surface area contributed by atoms with Crippen molar-refractivity contribution in [2.75, 3.05) is 0 Å². The molecule has 0 saturated heterocycles. The molecule has 4 rings (SSSR count). The highest BCUT2D eigenvalue weighted by molar-refractivity contribution is 7.09. The van der Waals surface area contributed by atoms with Gasteiger partial charge >= 0.3 is 5.97 Å². The number of hydrogen-bond donors (Lipinski definition) is 1. The first-order chi connectivity index (χ1) is 14.2. The second-order valence-corrected chi connectivity index (χ2v) is 7.12. The number of para-hydroxylation sites is 1. The maximum Gasteiger partial charge on any atom is 0.338 e. The molecule has 2 aromatic heterocycles. The van der Waals surface area contributed by atoms with Crippen LogP contribution in [0, 0.1) is 0 Å². The predicted octanol–water partition coefficient (Wildman–Crippen LogP) is 4.57. The highest BCUT2D eigenvalue weighted by Crippen LogP contribution is 2.15. The molecule has 6 nitrogen and oxygen atoms in total. The van der Waals surface area contributed by atoms with Gasteiger partial charge in [-0.05, 0) is 36.4 Å². The fourth-order valence-electron chi connectivity index (χ4n) is 2.68. The number of hydrogen-bond acceptors (Lipinski definition) is 5. The van der Waals surface area contributed by atoms with Gasteiger partial charge in [0, 0.05) is 11.6 Å². The summed E-state index contributed by atoms with van der Waals surface area (Å²) in [5.41, 5.74) is 2.43. The number of nitrogens with zero attached hydrogens (tertiary/aromatic N) is 2. The summed E-state index contributed by atoms with van der Waals surface area (Å²) in [6, 6.07) is 18.4. The van der Waals surface area contributed by atoms with E-state index in [4.69, 9.17) is 4.74 Å². The monoisotopic (exact) mass is 439 g/mol. The van der Waals surface area contributed by atoms with E-state index in [9.17, 15) is 9.59 Å². The summed E-state index contributed by atoms with van der Waals surface area (Å²) < 4.78 is 6.97. The van der Waals surface area contributed by atoms with Gasteiger partial charge in [-0.15, -0.1) is 23.7 Å². The van der Waals surface area contributed by atoms with Crippen LogP contribution in [-0.4, -0.2) is 20.7 Å². The molecule has 0 unspecified atom stereocenters. The van der Waals surface area contributed by atoms with Gasteiger partial charge in [0.15, 0.2) is 0 Å². The van der Waals surface area contributed by atoms with E-state index in [0.29, 0.717) is 21.8 Å². The maximum absolute atomic E-state index is 12.1. The van der Waals surface area contributed by atoms with E-state index >= 15 is 0 Å². The zero-order chi connectivity index (χ0) is 20.1. The number of carbonyl (C=O) groups is 1. The van der Waals surface area contributed by atoms with E-state index in [1.165, 1.54) is 11.3 Å². The van der Waals surface area contributed by atoms with E-state index in [1.807, 2.05) is 41.8 Å². The van der Waals surface area contributed by atoms with E-state index in [-0.39, 0.29) is 30.5 Å². The van der Waals surface area contributed by atoms with Crippen LogP contribution < -0.4 is 5.56 Å². The molecule has 0 atom stereocenters. The average Bonchev–Trinajstić information content (AvgIpc) is 3.38. The zero-order valence-corrected chi connectivity index (χ0v) is 17.4. The van der Waals surface area contributed by atoms with Crippen LogP contribution in [0.2, 0.25) is 0 Å². The first-order valence-electron chi connectivity index (χ1n) is 8.91. The largest absolute Gasteiger partial charge is 0.455 e. The first-order valence-corrected chi connectivity index (χ1v) is 9.79. The van der Waals surface area contributed by atoms with Crippen molar-refractivity contribution in [2.45, 2.75) is 6.61 Å². The van der Waals surface area contributed by atoms with Crippen LogP contribution in [0.4, 0.5) is 0 Å². The van der Waals surface area contributed by atoms with Crippen LogP contribution in [0.3, 0.4) is 0 Å². The molecule has 0 aliphatic heterocycles. The molecule has 2 heterocycles. The molecular weight excluding hydrogens is 422 g/mol. The number of carbonyl (C=O) groups excluding carboxylic acids is 1. The summed E-state index contributed by atoms with van der Waals surface area (Å²) in [6.45, 7) is 0.108. The highest BCUT2D eigenvalue weighted by atomic mass is 35.5. The fraction of sp³-hybridized carbons (Fsp3) is 0.0455. The van der Waals surface area contributed by atoms with Crippen LogP contribution in [-0.2, 0) is 11.3 Å². The van der Waals surface area contributed by atoms with Crippen LogP contribution in [0.25, 0.3) is 17.8 Å². The minimum atomic E-state index is -0.383. The normalized spacial score (nSPS) is 10.7. The Balaban J connectivity index is 0.00000256. The lowest BCUT2D eigenvalue weighted by atomic mass is 10.2. The van der Waals surface area contributed by atoms with E-state index < -0.39 is 0 Å². The standard InChI is InChI=1S/C22H17N3O3S.ClH/c26-21-17(13-25(24-21)19-9-5-2-6-10-19)11-12-18-15-29-20(23-18)14-28-22(27)16-7-3-1-4-8-16;/h1-13,15H,14H2,(H,24,26);1H/b12-11+;. The Morgan fingerprint density at radius 2 is 1.77 bits per heavy atom. The molecule has 30 heavy (non-hydrogen) atoms. The second-order valence-electron chi connectivity index (χ2n) is 6.17. The number of esters is 1. The highest BCUT2D eigenvalue weighted by Gasteiger charge is 2.08. The van der Waals surface area contributed by atoms with Gasteiger partial charge < -0.3 is 4.74 Å². The van der Waals surface area contributed by atoms with Crippen LogP contribution >= 0.6 is 23.7 Å². The van der Waals surface area contributed by atoms with Crippen molar-refractivity contribution < 1.29 is 9.53 Å². The first kappa shape index (κ1) is 21.3. The Bertz CT molecular complexity index is 1200. The van der Waals surface area contributed by atoms with Gasteiger partial charge in [-0.25, -0.2) is 9.78 Å². The van der Waals surface area contributed by atoms with Crippen molar-refractivity contribution in [3.05, 3.63) is 104 Å². The Labute approximate surface area is 182 Å². The predicted molar refractivity (Wildman–Crippen MR) is 120 cm³/mol. The minimum Gasteiger partial charge on any atom is -0.455 e. The molecule has 0 spiro atoms. The lowest BCUT2D eigenvalue weighted by molar-refractivity contribution is 0.0472. The topological polar surface area (TPSA) is 77.0 Å². The number of aromatic nitrogens is 3. The van der Waals surface area contributed by atoms with Crippen molar-refractivity contribution in [1.29, 1.82) is 0 Å². The third-order valence-electron chi connectivity index (χ3n) is 4.13. The number of aromatic amines is 1. The molecule has 2 aromatic carbocycles. The van der Waals surface area contributed by atoms with Crippen LogP contribution in [0.5, 0.6) is 0 Å². The van der Waals surface area contributed by atoms with Crippen molar-refractivity contribution in [3.63, 3.8) is 0 Å². The van der Waals surface area contributed by atoms with E-state index in [0.717, 1.165) is 5.69 Å². The molecule has 0 radical (unpaired) electrons. The molecule has 0 fully saturated rings. The average molecular weight is 440 g/mol. The molecule has 1 N–H and O–H groups in total. The molecule has 0 aliphatic rings. The Morgan fingerprint density at radius 1 is 1.07 bits per heavy atom. The smallest absolute Gasteiger partial charge is 0.338 e. The molecule has 4 aromatic rings. The molecular formula is C22H18ClN3O3S. The number of halogens is 1.